The molecule has 0 spiro atoms. The molecular weight excluding hydrogens is 339 g/mol. The average Bonchev–Trinajstić information content (AvgIpc) is 3.17. The summed E-state index contributed by atoms with van der Waals surface area (Å²) < 4.78 is 35.8. The summed E-state index contributed by atoms with van der Waals surface area (Å²) in [4.78, 5) is 11.2. The van der Waals surface area contributed by atoms with Crippen molar-refractivity contribution in [2.75, 3.05) is 7.05 Å². The number of fused-ring (bicyclic) bond motifs is 1. The van der Waals surface area contributed by atoms with Crippen LogP contribution in [0.15, 0.2) is 18.5 Å². The lowest BCUT2D eigenvalue weighted by molar-refractivity contribution is -0.192. The van der Waals surface area contributed by atoms with Gasteiger partial charge in [0.05, 0.1) is 17.9 Å². The molecule has 0 aromatic carbocycles. The third-order valence-electron chi connectivity index (χ3n) is 3.65. The molecule has 0 aliphatic carbocycles. The molecule has 0 saturated heterocycles. The summed E-state index contributed by atoms with van der Waals surface area (Å²) in [5.74, 6) is -2.76. The minimum atomic E-state index is -5.08. The van der Waals surface area contributed by atoms with Gasteiger partial charge in [0.1, 0.15) is 0 Å². The Hall–Kier alpha value is -2.36. The number of carboxylic acids is 1. The van der Waals surface area contributed by atoms with Crippen LogP contribution in [0.4, 0.5) is 13.2 Å². The first-order chi connectivity index (χ1) is 11.6. The number of carboxylic acid groups (broad SMARTS) is 1. The molecule has 0 atom stereocenters. The van der Waals surface area contributed by atoms with Crippen LogP contribution in [0.5, 0.6) is 0 Å². The molecule has 2 aromatic heterocycles. The first-order valence-corrected chi connectivity index (χ1v) is 7.64. The molecule has 25 heavy (non-hydrogen) atoms. The molecule has 0 radical (unpaired) electrons. The highest BCUT2D eigenvalue weighted by Crippen LogP contribution is 2.27. The normalized spacial score (nSPS) is 14.4. The van der Waals surface area contributed by atoms with Crippen LogP contribution >= 0.6 is 0 Å². The van der Waals surface area contributed by atoms with Crippen LogP contribution in [0.1, 0.15) is 36.8 Å². The number of aromatic nitrogens is 4. The maximum absolute atomic E-state index is 10.6. The van der Waals surface area contributed by atoms with Crippen LogP contribution in [-0.4, -0.2) is 48.8 Å². The fourth-order valence-corrected chi connectivity index (χ4v) is 2.59. The molecule has 0 fully saturated rings. The second-order valence-corrected chi connectivity index (χ2v) is 6.09. The first-order valence-electron chi connectivity index (χ1n) is 7.64. The standard InChI is InChI=1S/C13H19N5.C2HF3O2/c1-10(2)18-13-9-16(3)7-11(13)12(15-18)8-17-6-4-5-14-17;3-2(4,5)1(6)7/h4-6,10H,7-9H2,1-3H3;(H,6,7). The van der Waals surface area contributed by atoms with Crippen LogP contribution < -0.4 is 0 Å². The molecule has 1 N–H and O–H groups in total. The Morgan fingerprint density at radius 1 is 1.36 bits per heavy atom. The summed E-state index contributed by atoms with van der Waals surface area (Å²) in [5, 5.41) is 16.2. The molecule has 7 nitrogen and oxygen atoms in total. The summed E-state index contributed by atoms with van der Waals surface area (Å²) in [6, 6.07) is 2.36. The van der Waals surface area contributed by atoms with Gasteiger partial charge in [-0.3, -0.25) is 14.3 Å². The van der Waals surface area contributed by atoms with Gasteiger partial charge >= 0.3 is 12.1 Å². The van der Waals surface area contributed by atoms with Crippen LogP contribution in [0.25, 0.3) is 0 Å². The molecule has 1 aliphatic heterocycles. The van der Waals surface area contributed by atoms with Gasteiger partial charge in [0.2, 0.25) is 0 Å². The van der Waals surface area contributed by atoms with Crippen molar-refractivity contribution in [3.8, 4) is 0 Å². The van der Waals surface area contributed by atoms with E-state index in [4.69, 9.17) is 15.0 Å². The van der Waals surface area contributed by atoms with Gasteiger partial charge in [-0.2, -0.15) is 23.4 Å². The zero-order valence-corrected chi connectivity index (χ0v) is 14.2. The Kier molecular flexibility index (Phi) is 5.51. The summed E-state index contributed by atoms with van der Waals surface area (Å²) in [7, 11) is 2.16. The Bertz CT molecular complexity index is 722. The van der Waals surface area contributed by atoms with E-state index in [-0.39, 0.29) is 0 Å². The number of hydrogen-bond donors (Lipinski definition) is 1. The fourth-order valence-electron chi connectivity index (χ4n) is 2.59. The number of carbonyl (C=O) groups is 1. The Morgan fingerprint density at radius 2 is 2.00 bits per heavy atom. The van der Waals surface area contributed by atoms with Crippen LogP contribution in [0.3, 0.4) is 0 Å². The van der Waals surface area contributed by atoms with Crippen molar-refractivity contribution in [1.29, 1.82) is 0 Å². The van der Waals surface area contributed by atoms with Gasteiger partial charge in [-0.15, -0.1) is 0 Å². The van der Waals surface area contributed by atoms with E-state index in [1.165, 1.54) is 11.3 Å². The van der Waals surface area contributed by atoms with Crippen LogP contribution in [0.2, 0.25) is 0 Å². The van der Waals surface area contributed by atoms with E-state index in [1.807, 2.05) is 23.1 Å². The highest BCUT2D eigenvalue weighted by molar-refractivity contribution is 5.73. The summed E-state index contributed by atoms with van der Waals surface area (Å²) >= 11 is 0. The average molecular weight is 359 g/mol. The summed E-state index contributed by atoms with van der Waals surface area (Å²) in [6.07, 6.45) is -1.29. The van der Waals surface area contributed by atoms with Crippen molar-refractivity contribution < 1.29 is 23.1 Å². The molecule has 0 saturated carbocycles. The Morgan fingerprint density at radius 3 is 2.48 bits per heavy atom. The van der Waals surface area contributed by atoms with Crippen molar-refractivity contribution in [3.63, 3.8) is 0 Å². The summed E-state index contributed by atoms with van der Waals surface area (Å²) in [6.45, 7) is 7.13. The minimum Gasteiger partial charge on any atom is -0.475 e. The molecular formula is C15H20F3N5O2. The van der Waals surface area contributed by atoms with Gasteiger partial charge in [0, 0.05) is 37.1 Å². The van der Waals surface area contributed by atoms with Gasteiger partial charge in [-0.25, -0.2) is 4.79 Å². The largest absolute Gasteiger partial charge is 0.490 e. The van der Waals surface area contributed by atoms with Gasteiger partial charge in [-0.05, 0) is 27.0 Å². The molecule has 138 valence electrons. The van der Waals surface area contributed by atoms with E-state index in [0.29, 0.717) is 6.04 Å². The van der Waals surface area contributed by atoms with Crippen molar-refractivity contribution in [1.82, 2.24) is 24.5 Å². The van der Waals surface area contributed by atoms with Gasteiger partial charge in [0.15, 0.2) is 0 Å². The highest BCUT2D eigenvalue weighted by atomic mass is 19.4. The Labute approximate surface area is 142 Å². The first kappa shape index (κ1) is 19.0. The van der Waals surface area contributed by atoms with E-state index >= 15 is 0 Å². The molecule has 3 rings (SSSR count). The highest BCUT2D eigenvalue weighted by Gasteiger charge is 2.38. The lowest BCUT2D eigenvalue weighted by Gasteiger charge is -2.12. The molecule has 2 aromatic rings. The molecule has 1 aliphatic rings. The van der Waals surface area contributed by atoms with E-state index in [1.54, 1.807) is 0 Å². The number of rotatable bonds is 3. The second-order valence-electron chi connectivity index (χ2n) is 6.09. The predicted molar refractivity (Wildman–Crippen MR) is 82.8 cm³/mol. The monoisotopic (exact) mass is 359 g/mol. The third kappa shape index (κ3) is 4.59. The van der Waals surface area contributed by atoms with E-state index in [2.05, 4.69) is 35.6 Å². The van der Waals surface area contributed by atoms with Crippen LogP contribution in [0, 0.1) is 0 Å². The minimum absolute atomic E-state index is 0.414. The SMILES string of the molecule is CC(C)n1nc(Cn2cccn2)c2c1CN(C)C2.O=C(O)C(F)(F)F. The lowest BCUT2D eigenvalue weighted by atomic mass is 10.2. The Balaban J connectivity index is 0.000000277. The predicted octanol–water partition coefficient (Wildman–Crippen LogP) is 2.29. The molecule has 0 bridgehead atoms. The quantitative estimate of drug-likeness (QED) is 0.910. The molecule has 0 unspecified atom stereocenters. The van der Waals surface area contributed by atoms with Crippen molar-refractivity contribution in [2.24, 2.45) is 0 Å². The van der Waals surface area contributed by atoms with Crippen molar-refractivity contribution >= 4 is 5.97 Å². The maximum atomic E-state index is 10.6. The number of nitrogens with zero attached hydrogens (tertiary/aromatic N) is 5. The fraction of sp³-hybridized carbons (Fsp3) is 0.533. The second kappa shape index (κ2) is 7.26. The molecule has 3 heterocycles. The number of aliphatic carboxylic acids is 1. The molecule has 10 heteroatoms. The number of alkyl halides is 3. The number of halogens is 3. The zero-order chi connectivity index (χ0) is 18.8. The van der Waals surface area contributed by atoms with E-state index in [9.17, 15) is 13.2 Å². The zero-order valence-electron chi connectivity index (χ0n) is 14.2. The van der Waals surface area contributed by atoms with Gasteiger partial charge < -0.3 is 5.11 Å². The maximum Gasteiger partial charge on any atom is 0.490 e. The topological polar surface area (TPSA) is 76.2 Å². The third-order valence-corrected chi connectivity index (χ3v) is 3.65. The van der Waals surface area contributed by atoms with E-state index < -0.39 is 12.1 Å². The summed E-state index contributed by atoms with van der Waals surface area (Å²) in [5.41, 5.74) is 3.92. The van der Waals surface area contributed by atoms with E-state index in [0.717, 1.165) is 25.3 Å². The number of hydrogen-bond acceptors (Lipinski definition) is 4. The van der Waals surface area contributed by atoms with Gasteiger partial charge in [-0.1, -0.05) is 0 Å². The smallest absolute Gasteiger partial charge is 0.475 e. The van der Waals surface area contributed by atoms with Crippen molar-refractivity contribution in [2.45, 2.75) is 45.7 Å². The van der Waals surface area contributed by atoms with Gasteiger partial charge in [0.25, 0.3) is 0 Å². The van der Waals surface area contributed by atoms with Crippen molar-refractivity contribution in [3.05, 3.63) is 35.4 Å². The van der Waals surface area contributed by atoms with Crippen LogP contribution in [-0.2, 0) is 24.4 Å². The lowest BCUT2D eigenvalue weighted by Crippen LogP contribution is -2.21. The molecule has 0 amide bonds.